The summed E-state index contributed by atoms with van der Waals surface area (Å²) >= 11 is 0. The van der Waals surface area contributed by atoms with Crippen LogP contribution in [-0.4, -0.2) is 36.4 Å². The highest BCUT2D eigenvalue weighted by atomic mass is 16.5. The minimum Gasteiger partial charge on any atom is -0.494 e. The number of para-hydroxylation sites is 1. The van der Waals surface area contributed by atoms with Gasteiger partial charge in [-0.1, -0.05) is 50.8 Å². The number of hydrogen-bond donors (Lipinski definition) is 1. The fourth-order valence-electron chi connectivity index (χ4n) is 3.86. The second-order valence-corrected chi connectivity index (χ2v) is 7.94. The first-order valence-electron chi connectivity index (χ1n) is 11.0. The molecule has 30 heavy (non-hydrogen) atoms. The van der Waals surface area contributed by atoms with E-state index in [1.807, 2.05) is 36.2 Å². The zero-order chi connectivity index (χ0) is 21.3. The van der Waals surface area contributed by atoms with E-state index < -0.39 is 0 Å². The number of hydrogen-bond acceptors (Lipinski definition) is 3. The summed E-state index contributed by atoms with van der Waals surface area (Å²) in [6.07, 6.45) is 7.69. The summed E-state index contributed by atoms with van der Waals surface area (Å²) < 4.78 is 5.71. The highest BCUT2D eigenvalue weighted by molar-refractivity contribution is 6.09. The third-order valence-electron chi connectivity index (χ3n) is 5.71. The smallest absolute Gasteiger partial charge is 0.255 e. The molecule has 1 aliphatic carbocycles. The number of carbonyl (C=O) groups is 2. The topological polar surface area (TPSA) is 58.6 Å². The third kappa shape index (κ3) is 5.62. The van der Waals surface area contributed by atoms with Crippen molar-refractivity contribution in [3.8, 4) is 5.75 Å². The predicted octanol–water partition coefficient (Wildman–Crippen LogP) is 5.52. The number of nitrogens with one attached hydrogen (secondary N) is 1. The van der Waals surface area contributed by atoms with Crippen LogP contribution in [0.2, 0.25) is 0 Å². The zero-order valence-corrected chi connectivity index (χ0v) is 18.0. The van der Waals surface area contributed by atoms with Crippen molar-refractivity contribution in [3.63, 3.8) is 0 Å². The Morgan fingerprint density at radius 1 is 1.07 bits per heavy atom. The number of benzene rings is 2. The van der Waals surface area contributed by atoms with Crippen LogP contribution in [0.1, 0.15) is 72.6 Å². The van der Waals surface area contributed by atoms with Gasteiger partial charge < -0.3 is 15.0 Å². The predicted molar refractivity (Wildman–Crippen MR) is 120 cm³/mol. The van der Waals surface area contributed by atoms with Gasteiger partial charge in [-0.2, -0.15) is 0 Å². The number of unbranched alkanes of at least 4 members (excludes halogenated alkanes) is 1. The van der Waals surface area contributed by atoms with Crippen molar-refractivity contribution in [2.75, 3.05) is 19.0 Å². The van der Waals surface area contributed by atoms with Gasteiger partial charge in [0.05, 0.1) is 17.9 Å². The molecule has 1 N–H and O–H groups in total. The SMILES string of the molecule is CCCCOc1cccc(C(=O)Nc2ccccc2C(=O)N(C)C2CCCCC2)c1. The van der Waals surface area contributed by atoms with E-state index >= 15 is 0 Å². The molecule has 0 saturated heterocycles. The zero-order valence-electron chi connectivity index (χ0n) is 18.0. The van der Waals surface area contributed by atoms with Gasteiger partial charge in [0.15, 0.2) is 0 Å². The molecule has 5 nitrogen and oxygen atoms in total. The number of ether oxygens (including phenoxy) is 1. The lowest BCUT2D eigenvalue weighted by Crippen LogP contribution is -2.38. The second-order valence-electron chi connectivity index (χ2n) is 7.94. The molecule has 0 radical (unpaired) electrons. The maximum atomic E-state index is 13.1. The Labute approximate surface area is 179 Å². The van der Waals surface area contributed by atoms with Crippen LogP contribution in [0.5, 0.6) is 5.75 Å². The average molecular weight is 409 g/mol. The highest BCUT2D eigenvalue weighted by Crippen LogP contribution is 2.25. The van der Waals surface area contributed by atoms with E-state index in [-0.39, 0.29) is 17.9 Å². The Bertz CT molecular complexity index is 859. The van der Waals surface area contributed by atoms with Gasteiger partial charge in [-0.3, -0.25) is 9.59 Å². The van der Waals surface area contributed by atoms with Gasteiger partial charge in [-0.05, 0) is 49.6 Å². The molecule has 0 heterocycles. The first-order valence-corrected chi connectivity index (χ1v) is 11.0. The molecular weight excluding hydrogens is 376 g/mol. The van der Waals surface area contributed by atoms with Crippen LogP contribution in [0.3, 0.4) is 0 Å². The largest absolute Gasteiger partial charge is 0.494 e. The molecule has 5 heteroatoms. The molecule has 3 rings (SSSR count). The number of nitrogens with zero attached hydrogens (tertiary/aromatic N) is 1. The summed E-state index contributed by atoms with van der Waals surface area (Å²) in [5, 5.41) is 2.92. The molecular formula is C25H32N2O3. The molecule has 0 unspecified atom stereocenters. The molecule has 0 aliphatic heterocycles. The molecule has 0 bridgehead atoms. The van der Waals surface area contributed by atoms with Crippen molar-refractivity contribution >= 4 is 17.5 Å². The summed E-state index contributed by atoms with van der Waals surface area (Å²) in [5.41, 5.74) is 1.56. The molecule has 160 valence electrons. The normalized spacial score (nSPS) is 14.2. The summed E-state index contributed by atoms with van der Waals surface area (Å²) in [7, 11) is 1.87. The minimum absolute atomic E-state index is 0.0468. The van der Waals surface area contributed by atoms with Crippen molar-refractivity contribution < 1.29 is 14.3 Å². The van der Waals surface area contributed by atoms with Gasteiger partial charge in [-0.15, -0.1) is 0 Å². The molecule has 1 fully saturated rings. The van der Waals surface area contributed by atoms with E-state index in [1.54, 1.807) is 24.3 Å². The van der Waals surface area contributed by atoms with E-state index in [2.05, 4.69) is 12.2 Å². The molecule has 0 aromatic heterocycles. The van der Waals surface area contributed by atoms with Crippen LogP contribution in [-0.2, 0) is 0 Å². The van der Waals surface area contributed by atoms with Crippen LogP contribution in [0, 0.1) is 0 Å². The van der Waals surface area contributed by atoms with Crippen molar-refractivity contribution in [1.29, 1.82) is 0 Å². The molecule has 2 aromatic rings. The van der Waals surface area contributed by atoms with E-state index in [0.29, 0.717) is 29.2 Å². The summed E-state index contributed by atoms with van der Waals surface area (Å²) in [6.45, 7) is 2.74. The Kier molecular flexibility index (Phi) is 7.89. The van der Waals surface area contributed by atoms with Crippen molar-refractivity contribution in [2.45, 2.75) is 57.9 Å². The summed E-state index contributed by atoms with van der Waals surface area (Å²) in [4.78, 5) is 27.8. The van der Waals surface area contributed by atoms with E-state index in [4.69, 9.17) is 4.74 Å². The number of rotatable bonds is 8. The lowest BCUT2D eigenvalue weighted by atomic mass is 9.94. The van der Waals surface area contributed by atoms with Gasteiger partial charge in [0.2, 0.25) is 0 Å². The van der Waals surface area contributed by atoms with Crippen molar-refractivity contribution in [1.82, 2.24) is 4.90 Å². The first-order chi connectivity index (χ1) is 14.6. The second kappa shape index (κ2) is 10.8. The van der Waals surface area contributed by atoms with E-state index in [9.17, 15) is 9.59 Å². The quantitative estimate of drug-likeness (QED) is 0.585. The first kappa shape index (κ1) is 21.9. The number of carbonyl (C=O) groups excluding carboxylic acids is 2. The molecule has 2 aromatic carbocycles. The Balaban J connectivity index is 1.72. The van der Waals surface area contributed by atoms with E-state index in [1.165, 1.54) is 6.42 Å². The molecule has 1 aliphatic rings. The van der Waals surface area contributed by atoms with Gasteiger partial charge in [0, 0.05) is 18.7 Å². The van der Waals surface area contributed by atoms with Crippen molar-refractivity contribution in [2.24, 2.45) is 0 Å². The summed E-state index contributed by atoms with van der Waals surface area (Å²) in [6, 6.07) is 14.6. The standard InChI is InChI=1S/C25H32N2O3/c1-3-4-17-30-21-14-10-11-19(18-21)24(28)26-23-16-9-8-15-22(23)25(29)27(2)20-12-6-5-7-13-20/h8-11,14-16,18,20H,3-7,12-13,17H2,1-2H3,(H,26,28). The van der Waals surface area contributed by atoms with Gasteiger partial charge >= 0.3 is 0 Å². The minimum atomic E-state index is -0.253. The number of amides is 2. The fraction of sp³-hybridized carbons (Fsp3) is 0.440. The van der Waals surface area contributed by atoms with Gasteiger partial charge in [-0.25, -0.2) is 0 Å². The Hall–Kier alpha value is -2.82. The molecule has 2 amide bonds. The summed E-state index contributed by atoms with van der Waals surface area (Å²) in [5.74, 6) is 0.378. The van der Waals surface area contributed by atoms with Gasteiger partial charge in [0.25, 0.3) is 11.8 Å². The maximum absolute atomic E-state index is 13.1. The van der Waals surface area contributed by atoms with E-state index in [0.717, 1.165) is 38.5 Å². The Morgan fingerprint density at radius 2 is 1.83 bits per heavy atom. The van der Waals surface area contributed by atoms with Crippen molar-refractivity contribution in [3.05, 3.63) is 59.7 Å². The van der Waals surface area contributed by atoms with Crippen LogP contribution < -0.4 is 10.1 Å². The number of anilines is 1. The monoisotopic (exact) mass is 408 g/mol. The average Bonchev–Trinajstić information content (AvgIpc) is 2.79. The van der Waals surface area contributed by atoms with Crippen LogP contribution in [0.25, 0.3) is 0 Å². The lowest BCUT2D eigenvalue weighted by molar-refractivity contribution is 0.0697. The highest BCUT2D eigenvalue weighted by Gasteiger charge is 2.25. The Morgan fingerprint density at radius 3 is 2.60 bits per heavy atom. The fourth-order valence-corrected chi connectivity index (χ4v) is 3.86. The molecule has 1 saturated carbocycles. The molecule has 0 spiro atoms. The van der Waals surface area contributed by atoms with Crippen LogP contribution in [0.4, 0.5) is 5.69 Å². The van der Waals surface area contributed by atoms with Crippen LogP contribution in [0.15, 0.2) is 48.5 Å². The maximum Gasteiger partial charge on any atom is 0.255 e. The molecule has 0 atom stereocenters. The van der Waals surface area contributed by atoms with Gasteiger partial charge in [0.1, 0.15) is 5.75 Å². The lowest BCUT2D eigenvalue weighted by Gasteiger charge is -2.31. The third-order valence-corrected chi connectivity index (χ3v) is 5.71. The van der Waals surface area contributed by atoms with Crippen LogP contribution >= 0.6 is 0 Å².